The summed E-state index contributed by atoms with van der Waals surface area (Å²) < 4.78 is 0. The van der Waals surface area contributed by atoms with E-state index in [-0.39, 0.29) is 5.91 Å². The molecule has 3 heteroatoms. The van der Waals surface area contributed by atoms with Gasteiger partial charge in [0.2, 0.25) is 5.91 Å². The third kappa shape index (κ3) is 7.05. The third-order valence-electron chi connectivity index (χ3n) is 3.00. The Bertz CT molecular complexity index is 325. The summed E-state index contributed by atoms with van der Waals surface area (Å²) in [5.74, 6) is 0.155. The summed E-state index contributed by atoms with van der Waals surface area (Å²) in [6.07, 6.45) is 11.5. The van der Waals surface area contributed by atoms with Crippen molar-refractivity contribution < 1.29 is 4.79 Å². The van der Waals surface area contributed by atoms with Gasteiger partial charge in [-0.05, 0) is 24.1 Å². The molecule has 0 saturated heterocycles. The smallest absolute Gasteiger partial charge is 0.220 e. The standard InChI is InChI=1S/C15H24N2O/c1-2-3-4-5-6-7-8-15(18)17-13-14-9-11-16-12-10-14/h9-12H,2-8,13H2,1H3,(H,17,18). The summed E-state index contributed by atoms with van der Waals surface area (Å²) >= 11 is 0. The molecule has 100 valence electrons. The summed E-state index contributed by atoms with van der Waals surface area (Å²) in [7, 11) is 0. The van der Waals surface area contributed by atoms with Crippen molar-refractivity contribution in [3.63, 3.8) is 0 Å². The Balaban J connectivity index is 2.01. The molecule has 3 nitrogen and oxygen atoms in total. The van der Waals surface area contributed by atoms with E-state index in [1.807, 2.05) is 12.1 Å². The van der Waals surface area contributed by atoms with Gasteiger partial charge in [0, 0.05) is 25.4 Å². The molecule has 0 aliphatic rings. The Morgan fingerprint density at radius 3 is 2.50 bits per heavy atom. The molecule has 0 spiro atoms. The van der Waals surface area contributed by atoms with Crippen LogP contribution in [0, 0.1) is 0 Å². The number of carbonyl (C=O) groups is 1. The van der Waals surface area contributed by atoms with Crippen molar-refractivity contribution in [1.82, 2.24) is 10.3 Å². The van der Waals surface area contributed by atoms with Crippen molar-refractivity contribution in [3.8, 4) is 0 Å². The van der Waals surface area contributed by atoms with Crippen LogP contribution in [0.25, 0.3) is 0 Å². The number of rotatable bonds is 9. The molecule has 1 N–H and O–H groups in total. The molecule has 0 unspecified atom stereocenters. The minimum absolute atomic E-state index is 0.155. The van der Waals surface area contributed by atoms with Crippen LogP contribution in [-0.2, 0) is 11.3 Å². The monoisotopic (exact) mass is 248 g/mol. The number of nitrogens with zero attached hydrogens (tertiary/aromatic N) is 1. The zero-order valence-electron chi connectivity index (χ0n) is 11.3. The van der Waals surface area contributed by atoms with Gasteiger partial charge in [-0.3, -0.25) is 9.78 Å². The molecular formula is C15H24N2O. The molecule has 1 aromatic rings. The maximum atomic E-state index is 11.6. The lowest BCUT2D eigenvalue weighted by molar-refractivity contribution is -0.121. The van der Waals surface area contributed by atoms with Crippen LogP contribution in [0.3, 0.4) is 0 Å². The Hall–Kier alpha value is -1.38. The lowest BCUT2D eigenvalue weighted by atomic mass is 10.1. The summed E-state index contributed by atoms with van der Waals surface area (Å²) in [6.45, 7) is 2.82. The van der Waals surface area contributed by atoms with E-state index in [4.69, 9.17) is 0 Å². The SMILES string of the molecule is CCCCCCCCC(=O)NCc1ccncc1. The van der Waals surface area contributed by atoms with Crippen LogP contribution in [0.15, 0.2) is 24.5 Å². The number of unbranched alkanes of at least 4 members (excludes halogenated alkanes) is 5. The van der Waals surface area contributed by atoms with Gasteiger partial charge in [0.05, 0.1) is 0 Å². The number of amides is 1. The van der Waals surface area contributed by atoms with Crippen molar-refractivity contribution >= 4 is 5.91 Å². The van der Waals surface area contributed by atoms with E-state index in [2.05, 4.69) is 17.2 Å². The molecule has 0 bridgehead atoms. The van der Waals surface area contributed by atoms with E-state index in [1.165, 1.54) is 32.1 Å². The largest absolute Gasteiger partial charge is 0.352 e. The van der Waals surface area contributed by atoms with Gasteiger partial charge < -0.3 is 5.32 Å². The highest BCUT2D eigenvalue weighted by Crippen LogP contribution is 2.06. The van der Waals surface area contributed by atoms with Gasteiger partial charge in [-0.1, -0.05) is 39.0 Å². The predicted octanol–water partition coefficient (Wildman–Crippen LogP) is 3.45. The zero-order valence-corrected chi connectivity index (χ0v) is 11.3. The molecule has 1 rings (SSSR count). The summed E-state index contributed by atoms with van der Waals surface area (Å²) in [5.41, 5.74) is 1.10. The minimum Gasteiger partial charge on any atom is -0.352 e. The number of carbonyl (C=O) groups excluding carboxylic acids is 1. The fraction of sp³-hybridized carbons (Fsp3) is 0.600. The average molecular weight is 248 g/mol. The molecule has 1 aromatic heterocycles. The number of hydrogen-bond acceptors (Lipinski definition) is 2. The highest BCUT2D eigenvalue weighted by Gasteiger charge is 2.00. The highest BCUT2D eigenvalue weighted by molar-refractivity contribution is 5.75. The van der Waals surface area contributed by atoms with E-state index in [1.54, 1.807) is 12.4 Å². The van der Waals surface area contributed by atoms with E-state index in [0.29, 0.717) is 13.0 Å². The first-order valence-corrected chi connectivity index (χ1v) is 6.98. The van der Waals surface area contributed by atoms with E-state index in [9.17, 15) is 4.79 Å². The Kier molecular flexibility index (Phi) is 7.85. The average Bonchev–Trinajstić information content (AvgIpc) is 2.41. The summed E-state index contributed by atoms with van der Waals surface area (Å²) in [4.78, 5) is 15.5. The van der Waals surface area contributed by atoms with Crippen molar-refractivity contribution in [2.24, 2.45) is 0 Å². The van der Waals surface area contributed by atoms with Crippen LogP contribution in [0.4, 0.5) is 0 Å². The first kappa shape index (κ1) is 14.7. The maximum absolute atomic E-state index is 11.6. The lowest BCUT2D eigenvalue weighted by Gasteiger charge is -2.05. The van der Waals surface area contributed by atoms with Crippen molar-refractivity contribution in [3.05, 3.63) is 30.1 Å². The first-order chi connectivity index (χ1) is 8.83. The third-order valence-corrected chi connectivity index (χ3v) is 3.00. The van der Waals surface area contributed by atoms with Crippen LogP contribution < -0.4 is 5.32 Å². The van der Waals surface area contributed by atoms with E-state index in [0.717, 1.165) is 12.0 Å². The van der Waals surface area contributed by atoms with Crippen molar-refractivity contribution in [1.29, 1.82) is 0 Å². The molecule has 0 fully saturated rings. The van der Waals surface area contributed by atoms with Gasteiger partial charge in [0.25, 0.3) is 0 Å². The quantitative estimate of drug-likeness (QED) is 0.680. The number of aromatic nitrogens is 1. The normalized spacial score (nSPS) is 10.3. The molecule has 0 atom stereocenters. The Labute approximate surface area is 110 Å². The highest BCUT2D eigenvalue weighted by atomic mass is 16.1. The lowest BCUT2D eigenvalue weighted by Crippen LogP contribution is -2.22. The van der Waals surface area contributed by atoms with Crippen LogP contribution in [0.5, 0.6) is 0 Å². The summed E-state index contributed by atoms with van der Waals surface area (Å²) in [6, 6.07) is 3.84. The van der Waals surface area contributed by atoms with Crippen LogP contribution in [0.2, 0.25) is 0 Å². The van der Waals surface area contributed by atoms with E-state index >= 15 is 0 Å². The molecule has 1 amide bonds. The van der Waals surface area contributed by atoms with Gasteiger partial charge in [-0.25, -0.2) is 0 Å². The van der Waals surface area contributed by atoms with Gasteiger partial charge in [-0.2, -0.15) is 0 Å². The number of pyridine rings is 1. The molecule has 0 aliphatic heterocycles. The molecule has 0 aromatic carbocycles. The van der Waals surface area contributed by atoms with Crippen LogP contribution >= 0.6 is 0 Å². The fourth-order valence-electron chi connectivity index (χ4n) is 1.86. The predicted molar refractivity (Wildman–Crippen MR) is 74.1 cm³/mol. The Morgan fingerprint density at radius 1 is 1.11 bits per heavy atom. The minimum atomic E-state index is 0.155. The van der Waals surface area contributed by atoms with Crippen LogP contribution in [0.1, 0.15) is 57.4 Å². The zero-order chi connectivity index (χ0) is 13.1. The van der Waals surface area contributed by atoms with E-state index < -0.39 is 0 Å². The van der Waals surface area contributed by atoms with Gasteiger partial charge in [0.1, 0.15) is 0 Å². The fourth-order valence-corrected chi connectivity index (χ4v) is 1.86. The maximum Gasteiger partial charge on any atom is 0.220 e. The molecular weight excluding hydrogens is 224 g/mol. The number of hydrogen-bond donors (Lipinski definition) is 1. The summed E-state index contributed by atoms with van der Waals surface area (Å²) in [5, 5.41) is 2.93. The molecule has 0 saturated carbocycles. The molecule has 18 heavy (non-hydrogen) atoms. The van der Waals surface area contributed by atoms with Crippen molar-refractivity contribution in [2.45, 2.75) is 58.4 Å². The van der Waals surface area contributed by atoms with Gasteiger partial charge >= 0.3 is 0 Å². The second-order valence-corrected chi connectivity index (χ2v) is 4.65. The molecule has 1 heterocycles. The topological polar surface area (TPSA) is 42.0 Å². The Morgan fingerprint density at radius 2 is 1.78 bits per heavy atom. The molecule has 0 radical (unpaired) electrons. The first-order valence-electron chi connectivity index (χ1n) is 6.98. The van der Waals surface area contributed by atoms with Gasteiger partial charge in [0.15, 0.2) is 0 Å². The van der Waals surface area contributed by atoms with Gasteiger partial charge in [-0.15, -0.1) is 0 Å². The second kappa shape index (κ2) is 9.63. The van der Waals surface area contributed by atoms with Crippen LogP contribution in [-0.4, -0.2) is 10.9 Å². The van der Waals surface area contributed by atoms with Crippen molar-refractivity contribution in [2.75, 3.05) is 0 Å². The second-order valence-electron chi connectivity index (χ2n) is 4.65. The molecule has 0 aliphatic carbocycles. The number of nitrogens with one attached hydrogen (secondary N) is 1.